The van der Waals surface area contributed by atoms with Gasteiger partial charge >= 0.3 is 6.03 Å². The SMILES string of the molecule is CN(C)CCOc1ccc(NC(=O)n2ccnc2)cc1. The topological polar surface area (TPSA) is 59.4 Å². The number of hydrogen-bond acceptors (Lipinski definition) is 4. The van der Waals surface area contributed by atoms with Crippen LogP contribution in [0.25, 0.3) is 0 Å². The van der Waals surface area contributed by atoms with Gasteiger partial charge < -0.3 is 15.0 Å². The first-order valence-electron chi connectivity index (χ1n) is 6.32. The van der Waals surface area contributed by atoms with Crippen LogP contribution >= 0.6 is 0 Å². The minimum absolute atomic E-state index is 0.247. The van der Waals surface area contributed by atoms with E-state index in [4.69, 9.17) is 4.74 Å². The number of nitrogens with zero attached hydrogens (tertiary/aromatic N) is 3. The smallest absolute Gasteiger partial charge is 0.331 e. The third-order valence-electron chi connectivity index (χ3n) is 2.65. The van der Waals surface area contributed by atoms with E-state index in [0.29, 0.717) is 12.3 Å². The zero-order chi connectivity index (χ0) is 14.4. The van der Waals surface area contributed by atoms with Gasteiger partial charge in [-0.05, 0) is 38.4 Å². The van der Waals surface area contributed by atoms with E-state index in [-0.39, 0.29) is 6.03 Å². The van der Waals surface area contributed by atoms with Crippen LogP contribution in [0.15, 0.2) is 43.0 Å². The second kappa shape index (κ2) is 6.72. The van der Waals surface area contributed by atoms with Crippen molar-refractivity contribution in [1.82, 2.24) is 14.5 Å². The third-order valence-corrected chi connectivity index (χ3v) is 2.65. The number of amides is 1. The maximum absolute atomic E-state index is 11.8. The molecule has 0 bridgehead atoms. The fraction of sp³-hybridized carbons (Fsp3) is 0.286. The maximum atomic E-state index is 11.8. The molecule has 0 atom stereocenters. The molecule has 106 valence electrons. The van der Waals surface area contributed by atoms with Crippen molar-refractivity contribution in [2.45, 2.75) is 0 Å². The molecule has 2 rings (SSSR count). The molecular weight excluding hydrogens is 256 g/mol. The monoisotopic (exact) mass is 274 g/mol. The largest absolute Gasteiger partial charge is 0.492 e. The second-order valence-electron chi connectivity index (χ2n) is 4.58. The molecule has 0 saturated heterocycles. The van der Waals surface area contributed by atoms with E-state index in [2.05, 4.69) is 15.2 Å². The predicted octanol–water partition coefficient (Wildman–Crippen LogP) is 1.90. The van der Waals surface area contributed by atoms with Crippen molar-refractivity contribution in [3.63, 3.8) is 0 Å². The normalized spacial score (nSPS) is 10.6. The van der Waals surface area contributed by atoms with Crippen LogP contribution in [0.3, 0.4) is 0 Å². The molecule has 0 aliphatic carbocycles. The van der Waals surface area contributed by atoms with E-state index in [1.54, 1.807) is 24.5 Å². The molecule has 0 spiro atoms. The predicted molar refractivity (Wildman–Crippen MR) is 77.1 cm³/mol. The Hall–Kier alpha value is -2.34. The van der Waals surface area contributed by atoms with E-state index >= 15 is 0 Å². The number of nitrogens with one attached hydrogen (secondary N) is 1. The number of rotatable bonds is 5. The lowest BCUT2D eigenvalue weighted by atomic mass is 10.3. The van der Waals surface area contributed by atoms with Gasteiger partial charge in [0, 0.05) is 24.6 Å². The summed E-state index contributed by atoms with van der Waals surface area (Å²) < 4.78 is 6.96. The molecule has 1 aromatic carbocycles. The van der Waals surface area contributed by atoms with Crippen LogP contribution < -0.4 is 10.1 Å². The summed E-state index contributed by atoms with van der Waals surface area (Å²) in [5.74, 6) is 0.785. The molecule has 1 aromatic heterocycles. The van der Waals surface area contributed by atoms with Gasteiger partial charge in [-0.3, -0.25) is 4.57 Å². The highest BCUT2D eigenvalue weighted by Crippen LogP contribution is 2.15. The first-order valence-corrected chi connectivity index (χ1v) is 6.32. The van der Waals surface area contributed by atoms with Gasteiger partial charge in [-0.2, -0.15) is 0 Å². The van der Waals surface area contributed by atoms with Crippen LogP contribution in [-0.2, 0) is 0 Å². The Balaban J connectivity index is 1.87. The Morgan fingerprint density at radius 2 is 2.10 bits per heavy atom. The quantitative estimate of drug-likeness (QED) is 0.904. The average molecular weight is 274 g/mol. The number of ether oxygens (including phenoxy) is 1. The number of carbonyl (C=O) groups is 1. The summed E-state index contributed by atoms with van der Waals surface area (Å²) in [5, 5.41) is 2.77. The summed E-state index contributed by atoms with van der Waals surface area (Å²) in [5.41, 5.74) is 0.712. The van der Waals surface area contributed by atoms with Crippen molar-refractivity contribution < 1.29 is 9.53 Å². The molecule has 0 fully saturated rings. The molecule has 0 aliphatic rings. The minimum Gasteiger partial charge on any atom is -0.492 e. The summed E-state index contributed by atoms with van der Waals surface area (Å²) in [6, 6.07) is 7.03. The van der Waals surface area contributed by atoms with Crippen LogP contribution in [-0.4, -0.2) is 47.7 Å². The van der Waals surface area contributed by atoms with Crippen molar-refractivity contribution in [2.75, 3.05) is 32.6 Å². The number of anilines is 1. The number of imidazole rings is 1. The van der Waals surface area contributed by atoms with Gasteiger partial charge in [0.15, 0.2) is 0 Å². The Morgan fingerprint density at radius 1 is 1.35 bits per heavy atom. The molecule has 20 heavy (non-hydrogen) atoms. The van der Waals surface area contributed by atoms with Crippen LogP contribution in [0.5, 0.6) is 5.75 Å². The molecular formula is C14H18N4O2. The minimum atomic E-state index is -0.247. The molecule has 0 aliphatic heterocycles. The lowest BCUT2D eigenvalue weighted by Crippen LogP contribution is -2.19. The number of hydrogen-bond donors (Lipinski definition) is 1. The van der Waals surface area contributed by atoms with E-state index in [1.807, 2.05) is 26.2 Å². The van der Waals surface area contributed by atoms with Crippen LogP contribution in [0.2, 0.25) is 0 Å². The van der Waals surface area contributed by atoms with Crippen LogP contribution in [0.1, 0.15) is 0 Å². The molecule has 6 nitrogen and oxygen atoms in total. The Kier molecular flexibility index (Phi) is 4.73. The van der Waals surface area contributed by atoms with Crippen molar-refractivity contribution >= 4 is 11.7 Å². The van der Waals surface area contributed by atoms with E-state index in [1.165, 1.54) is 10.9 Å². The highest BCUT2D eigenvalue weighted by atomic mass is 16.5. The lowest BCUT2D eigenvalue weighted by molar-refractivity contribution is 0.253. The van der Waals surface area contributed by atoms with Crippen molar-refractivity contribution in [3.8, 4) is 5.75 Å². The zero-order valence-corrected chi connectivity index (χ0v) is 11.6. The number of aromatic nitrogens is 2. The summed E-state index contributed by atoms with van der Waals surface area (Å²) in [7, 11) is 4.00. The van der Waals surface area contributed by atoms with Gasteiger partial charge in [0.25, 0.3) is 0 Å². The number of carbonyl (C=O) groups excluding carboxylic acids is 1. The van der Waals surface area contributed by atoms with E-state index in [9.17, 15) is 4.79 Å². The molecule has 0 unspecified atom stereocenters. The van der Waals surface area contributed by atoms with E-state index < -0.39 is 0 Å². The Morgan fingerprint density at radius 3 is 2.70 bits per heavy atom. The van der Waals surface area contributed by atoms with Gasteiger partial charge in [0.2, 0.25) is 0 Å². The lowest BCUT2D eigenvalue weighted by Gasteiger charge is -2.11. The zero-order valence-electron chi connectivity index (χ0n) is 11.6. The molecule has 2 aromatic rings. The Labute approximate surface area is 118 Å². The van der Waals surface area contributed by atoms with Crippen LogP contribution in [0.4, 0.5) is 10.5 Å². The first kappa shape index (κ1) is 14.1. The van der Waals surface area contributed by atoms with Gasteiger partial charge in [-0.1, -0.05) is 0 Å². The summed E-state index contributed by atoms with van der Waals surface area (Å²) in [4.78, 5) is 17.7. The standard InChI is InChI=1S/C14H18N4O2/c1-17(2)9-10-20-13-5-3-12(4-6-13)16-14(19)18-8-7-15-11-18/h3-8,11H,9-10H2,1-2H3,(H,16,19). The van der Waals surface area contributed by atoms with Crippen molar-refractivity contribution in [3.05, 3.63) is 43.0 Å². The van der Waals surface area contributed by atoms with Gasteiger partial charge in [-0.15, -0.1) is 0 Å². The second-order valence-corrected chi connectivity index (χ2v) is 4.58. The summed E-state index contributed by atoms with van der Waals surface area (Å²) >= 11 is 0. The summed E-state index contributed by atoms with van der Waals surface area (Å²) in [6.07, 6.45) is 4.60. The molecule has 1 N–H and O–H groups in total. The fourth-order valence-electron chi connectivity index (χ4n) is 1.55. The van der Waals surface area contributed by atoms with Crippen molar-refractivity contribution in [2.24, 2.45) is 0 Å². The fourth-order valence-corrected chi connectivity index (χ4v) is 1.55. The third kappa shape index (κ3) is 4.10. The highest BCUT2D eigenvalue weighted by molar-refractivity contribution is 5.90. The van der Waals surface area contributed by atoms with Crippen LogP contribution in [0, 0.1) is 0 Å². The molecule has 1 amide bonds. The maximum Gasteiger partial charge on any atom is 0.331 e. The van der Waals surface area contributed by atoms with Gasteiger partial charge in [0.05, 0.1) is 0 Å². The molecule has 0 radical (unpaired) electrons. The number of likely N-dealkylation sites (N-methyl/N-ethyl adjacent to an activating group) is 1. The van der Waals surface area contributed by atoms with Gasteiger partial charge in [-0.25, -0.2) is 9.78 Å². The van der Waals surface area contributed by atoms with Crippen molar-refractivity contribution in [1.29, 1.82) is 0 Å². The van der Waals surface area contributed by atoms with Gasteiger partial charge in [0.1, 0.15) is 18.7 Å². The highest BCUT2D eigenvalue weighted by Gasteiger charge is 2.04. The number of benzene rings is 1. The average Bonchev–Trinajstić information content (AvgIpc) is 2.94. The molecule has 0 saturated carbocycles. The van der Waals surface area contributed by atoms with E-state index in [0.717, 1.165) is 12.3 Å². The first-order chi connectivity index (χ1) is 9.65. The summed E-state index contributed by atoms with van der Waals surface area (Å²) in [6.45, 7) is 1.49. The molecule has 6 heteroatoms. The Bertz CT molecular complexity index is 535. The molecule has 1 heterocycles.